The first kappa shape index (κ1) is 11.7. The van der Waals surface area contributed by atoms with Gasteiger partial charge >= 0.3 is 0 Å². The van der Waals surface area contributed by atoms with Gasteiger partial charge in [-0.1, -0.05) is 13.8 Å². The number of aromatic nitrogens is 2. The molecule has 5 nitrogen and oxygen atoms in total. The van der Waals surface area contributed by atoms with Crippen molar-refractivity contribution in [3.05, 3.63) is 11.8 Å². The van der Waals surface area contributed by atoms with Crippen LogP contribution in [-0.2, 0) is 11.2 Å². The fourth-order valence-electron chi connectivity index (χ4n) is 1.07. The maximum Gasteiger partial charge on any atom is 0.220 e. The van der Waals surface area contributed by atoms with Gasteiger partial charge in [-0.25, -0.2) is 0 Å². The number of hydrogen-bond donors (Lipinski definition) is 1. The van der Waals surface area contributed by atoms with Crippen LogP contribution in [0.5, 0.6) is 0 Å². The summed E-state index contributed by atoms with van der Waals surface area (Å²) in [5.41, 5.74) is 0. The van der Waals surface area contributed by atoms with Crippen molar-refractivity contribution in [3.63, 3.8) is 0 Å². The van der Waals surface area contributed by atoms with Gasteiger partial charge in [0.2, 0.25) is 17.7 Å². The molecular formula is C10H17N3O2. The number of carbonyl (C=O) groups is 1. The van der Waals surface area contributed by atoms with E-state index in [4.69, 9.17) is 4.42 Å². The zero-order valence-electron chi connectivity index (χ0n) is 9.41. The van der Waals surface area contributed by atoms with Gasteiger partial charge < -0.3 is 9.73 Å². The summed E-state index contributed by atoms with van der Waals surface area (Å²) in [7, 11) is 0. The van der Waals surface area contributed by atoms with Gasteiger partial charge in [0.25, 0.3) is 0 Å². The molecule has 0 aliphatic carbocycles. The molecule has 15 heavy (non-hydrogen) atoms. The SMILES string of the molecule is Cc1nnc(CCC(=O)NCC(C)C)o1. The molecular weight excluding hydrogens is 194 g/mol. The Labute approximate surface area is 89.3 Å². The summed E-state index contributed by atoms with van der Waals surface area (Å²) < 4.78 is 5.16. The zero-order valence-corrected chi connectivity index (χ0v) is 9.41. The molecule has 1 heterocycles. The van der Waals surface area contributed by atoms with E-state index in [0.29, 0.717) is 37.1 Å². The van der Waals surface area contributed by atoms with Crippen LogP contribution in [0.1, 0.15) is 32.0 Å². The number of rotatable bonds is 5. The van der Waals surface area contributed by atoms with Crippen LogP contribution in [0.4, 0.5) is 0 Å². The minimum Gasteiger partial charge on any atom is -0.426 e. The van der Waals surface area contributed by atoms with Crippen LogP contribution in [0.15, 0.2) is 4.42 Å². The Morgan fingerprint density at radius 1 is 1.47 bits per heavy atom. The van der Waals surface area contributed by atoms with Crippen molar-refractivity contribution < 1.29 is 9.21 Å². The third-order valence-corrected chi connectivity index (χ3v) is 1.84. The second-order valence-electron chi connectivity index (χ2n) is 3.91. The number of carbonyl (C=O) groups excluding carboxylic acids is 1. The van der Waals surface area contributed by atoms with Crippen molar-refractivity contribution in [2.75, 3.05) is 6.54 Å². The lowest BCUT2D eigenvalue weighted by atomic mass is 10.2. The highest BCUT2D eigenvalue weighted by molar-refractivity contribution is 5.75. The number of nitrogens with one attached hydrogen (secondary N) is 1. The highest BCUT2D eigenvalue weighted by atomic mass is 16.4. The Bertz CT molecular complexity index is 320. The van der Waals surface area contributed by atoms with Crippen LogP contribution >= 0.6 is 0 Å². The van der Waals surface area contributed by atoms with Crippen molar-refractivity contribution in [2.24, 2.45) is 5.92 Å². The third kappa shape index (κ3) is 4.58. The fraction of sp³-hybridized carbons (Fsp3) is 0.700. The topological polar surface area (TPSA) is 68.0 Å². The summed E-state index contributed by atoms with van der Waals surface area (Å²) in [4.78, 5) is 11.3. The number of amides is 1. The molecule has 0 saturated heterocycles. The Morgan fingerprint density at radius 2 is 2.20 bits per heavy atom. The minimum atomic E-state index is 0.0274. The number of nitrogens with zero attached hydrogens (tertiary/aromatic N) is 2. The molecule has 1 N–H and O–H groups in total. The Hall–Kier alpha value is -1.39. The van der Waals surface area contributed by atoms with Crippen LogP contribution in [0, 0.1) is 12.8 Å². The second-order valence-corrected chi connectivity index (χ2v) is 3.91. The fourth-order valence-corrected chi connectivity index (χ4v) is 1.07. The molecule has 0 spiro atoms. The summed E-state index contributed by atoms with van der Waals surface area (Å²) in [5.74, 6) is 1.55. The molecule has 0 atom stereocenters. The van der Waals surface area contributed by atoms with Crippen LogP contribution < -0.4 is 5.32 Å². The number of aryl methyl sites for hydroxylation is 2. The highest BCUT2D eigenvalue weighted by Crippen LogP contribution is 2.01. The van der Waals surface area contributed by atoms with E-state index in [1.807, 2.05) is 0 Å². The van der Waals surface area contributed by atoms with Crippen LogP contribution in [-0.4, -0.2) is 22.6 Å². The standard InChI is InChI=1S/C10H17N3O2/c1-7(2)6-11-9(14)4-5-10-13-12-8(3)15-10/h7H,4-6H2,1-3H3,(H,11,14). The van der Waals surface area contributed by atoms with Crippen LogP contribution in [0.2, 0.25) is 0 Å². The lowest BCUT2D eigenvalue weighted by Crippen LogP contribution is -2.27. The summed E-state index contributed by atoms with van der Waals surface area (Å²) in [6, 6.07) is 0. The average Bonchev–Trinajstić information content (AvgIpc) is 2.58. The zero-order chi connectivity index (χ0) is 11.3. The summed E-state index contributed by atoms with van der Waals surface area (Å²) in [5, 5.41) is 10.3. The van der Waals surface area contributed by atoms with E-state index in [0.717, 1.165) is 0 Å². The van der Waals surface area contributed by atoms with Crippen LogP contribution in [0.25, 0.3) is 0 Å². The third-order valence-electron chi connectivity index (χ3n) is 1.84. The van der Waals surface area contributed by atoms with Gasteiger partial charge in [0.15, 0.2) is 0 Å². The van der Waals surface area contributed by atoms with Crippen molar-refractivity contribution in [1.29, 1.82) is 0 Å². The molecule has 5 heteroatoms. The highest BCUT2D eigenvalue weighted by Gasteiger charge is 2.06. The quantitative estimate of drug-likeness (QED) is 0.791. The first-order valence-corrected chi connectivity index (χ1v) is 5.13. The van der Waals surface area contributed by atoms with Crippen molar-refractivity contribution in [2.45, 2.75) is 33.6 Å². The predicted molar refractivity (Wildman–Crippen MR) is 55.2 cm³/mol. The van der Waals surface area contributed by atoms with Gasteiger partial charge in [-0.15, -0.1) is 10.2 Å². The lowest BCUT2D eigenvalue weighted by Gasteiger charge is -2.06. The van der Waals surface area contributed by atoms with E-state index in [1.165, 1.54) is 0 Å². The monoisotopic (exact) mass is 211 g/mol. The van der Waals surface area contributed by atoms with E-state index in [2.05, 4.69) is 29.4 Å². The molecule has 0 aromatic carbocycles. The van der Waals surface area contributed by atoms with Gasteiger partial charge in [-0.05, 0) is 5.92 Å². The number of hydrogen-bond acceptors (Lipinski definition) is 4. The van der Waals surface area contributed by atoms with Gasteiger partial charge in [-0.3, -0.25) is 4.79 Å². The van der Waals surface area contributed by atoms with Crippen molar-refractivity contribution in [3.8, 4) is 0 Å². The van der Waals surface area contributed by atoms with Crippen molar-refractivity contribution >= 4 is 5.91 Å². The van der Waals surface area contributed by atoms with E-state index in [1.54, 1.807) is 6.92 Å². The molecule has 1 amide bonds. The Morgan fingerprint density at radius 3 is 2.73 bits per heavy atom. The maximum atomic E-state index is 11.3. The molecule has 84 valence electrons. The van der Waals surface area contributed by atoms with Gasteiger partial charge in [0, 0.05) is 26.3 Å². The molecule has 1 aromatic heterocycles. The average molecular weight is 211 g/mol. The molecule has 0 aliphatic heterocycles. The van der Waals surface area contributed by atoms with E-state index in [-0.39, 0.29) is 5.91 Å². The summed E-state index contributed by atoms with van der Waals surface area (Å²) in [6.07, 6.45) is 0.902. The van der Waals surface area contributed by atoms with E-state index in [9.17, 15) is 4.79 Å². The first-order valence-electron chi connectivity index (χ1n) is 5.13. The van der Waals surface area contributed by atoms with Crippen molar-refractivity contribution in [1.82, 2.24) is 15.5 Å². The summed E-state index contributed by atoms with van der Waals surface area (Å²) in [6.45, 7) is 6.56. The van der Waals surface area contributed by atoms with Crippen LogP contribution in [0.3, 0.4) is 0 Å². The molecule has 0 fully saturated rings. The minimum absolute atomic E-state index is 0.0274. The normalized spacial score (nSPS) is 10.7. The molecule has 0 bridgehead atoms. The largest absolute Gasteiger partial charge is 0.426 e. The van der Waals surface area contributed by atoms with E-state index >= 15 is 0 Å². The van der Waals surface area contributed by atoms with Gasteiger partial charge in [0.05, 0.1) is 0 Å². The van der Waals surface area contributed by atoms with E-state index < -0.39 is 0 Å². The second kappa shape index (κ2) is 5.48. The predicted octanol–water partition coefficient (Wildman–Crippen LogP) is 1.08. The molecule has 0 unspecified atom stereocenters. The molecule has 1 rings (SSSR count). The summed E-state index contributed by atoms with van der Waals surface area (Å²) >= 11 is 0. The van der Waals surface area contributed by atoms with Gasteiger partial charge in [-0.2, -0.15) is 0 Å². The molecule has 0 radical (unpaired) electrons. The maximum absolute atomic E-state index is 11.3. The first-order chi connectivity index (χ1) is 7.08. The lowest BCUT2D eigenvalue weighted by molar-refractivity contribution is -0.121. The molecule has 0 aliphatic rings. The van der Waals surface area contributed by atoms with Gasteiger partial charge in [0.1, 0.15) is 0 Å². The molecule has 1 aromatic rings. The Kier molecular flexibility index (Phi) is 4.27. The molecule has 0 saturated carbocycles. The Balaban J connectivity index is 2.22. The smallest absolute Gasteiger partial charge is 0.220 e.